The van der Waals surface area contributed by atoms with Gasteiger partial charge in [0, 0.05) is 0 Å². The summed E-state index contributed by atoms with van der Waals surface area (Å²) in [6.07, 6.45) is 8.20. The van der Waals surface area contributed by atoms with Gasteiger partial charge in [-0.2, -0.15) is 5.26 Å². The predicted octanol–water partition coefficient (Wildman–Crippen LogP) is 2.67. The molecule has 1 heterocycles. The molecule has 1 aliphatic rings. The maximum atomic E-state index is 9.46. The van der Waals surface area contributed by atoms with Crippen molar-refractivity contribution in [3.05, 3.63) is 35.7 Å². The number of nitriles is 1. The number of nitrogens with zero attached hydrogens (tertiary/aromatic N) is 6. The maximum Gasteiger partial charge on any atom is 0.180 e. The quantitative estimate of drug-likeness (QED) is 0.600. The highest BCUT2D eigenvalue weighted by Crippen LogP contribution is 2.28. The Kier molecular flexibility index (Phi) is 5.26. The van der Waals surface area contributed by atoms with E-state index in [1.165, 1.54) is 19.3 Å². The van der Waals surface area contributed by atoms with Gasteiger partial charge in [-0.15, -0.1) is 5.10 Å². The second-order valence-corrected chi connectivity index (χ2v) is 6.14. The molecule has 0 saturated heterocycles. The number of benzene rings is 1. The highest BCUT2D eigenvalue weighted by Gasteiger charge is 2.21. The molecule has 7 nitrogen and oxygen atoms in total. The van der Waals surface area contributed by atoms with Gasteiger partial charge >= 0.3 is 0 Å². The molecular weight excluding hydrogens is 304 g/mol. The molecule has 0 amide bonds. The van der Waals surface area contributed by atoms with Crippen LogP contribution >= 0.6 is 0 Å². The summed E-state index contributed by atoms with van der Waals surface area (Å²) in [7, 11) is 1.64. The molecule has 0 atom stereocenters. The Morgan fingerprint density at radius 3 is 2.62 bits per heavy atom. The predicted molar refractivity (Wildman–Crippen MR) is 87.8 cm³/mol. The minimum absolute atomic E-state index is 0.366. The number of methoxy groups -OCH3 is 1. The van der Waals surface area contributed by atoms with Crippen LogP contribution in [-0.4, -0.2) is 32.2 Å². The third-order valence-electron chi connectivity index (χ3n) is 4.49. The molecule has 1 aromatic carbocycles. The Bertz CT molecular complexity index is 684. The van der Waals surface area contributed by atoms with Crippen LogP contribution in [0.2, 0.25) is 0 Å². The second kappa shape index (κ2) is 7.77. The van der Waals surface area contributed by atoms with E-state index in [4.69, 9.17) is 4.74 Å². The van der Waals surface area contributed by atoms with Gasteiger partial charge in [-0.05, 0) is 41.0 Å². The Balaban J connectivity index is 1.67. The van der Waals surface area contributed by atoms with Crippen molar-refractivity contribution in [2.75, 3.05) is 7.11 Å². The number of tetrazole rings is 1. The van der Waals surface area contributed by atoms with Crippen LogP contribution in [0.5, 0.6) is 5.75 Å². The van der Waals surface area contributed by atoms with Crippen molar-refractivity contribution < 1.29 is 4.74 Å². The zero-order valence-electron chi connectivity index (χ0n) is 13.9. The lowest BCUT2D eigenvalue weighted by atomic mass is 9.95. The standard InChI is InChI=1S/C17H22N6O/c1-24-16-9-7-14(8-10-16)11-22(13-18)12-17-19-20-21-23(17)15-5-3-2-4-6-15/h7-10,15H,2-6,11-12H2,1H3. The number of rotatable bonds is 6. The lowest BCUT2D eigenvalue weighted by Crippen LogP contribution is -2.23. The highest BCUT2D eigenvalue weighted by atomic mass is 16.5. The van der Waals surface area contributed by atoms with Gasteiger partial charge in [-0.3, -0.25) is 4.90 Å². The molecule has 126 valence electrons. The molecule has 0 N–H and O–H groups in total. The largest absolute Gasteiger partial charge is 0.497 e. The van der Waals surface area contributed by atoms with Crippen molar-refractivity contribution in [3.63, 3.8) is 0 Å². The molecule has 1 fully saturated rings. The zero-order valence-corrected chi connectivity index (χ0v) is 13.9. The van der Waals surface area contributed by atoms with Crippen molar-refractivity contribution in [3.8, 4) is 11.9 Å². The Hall–Kier alpha value is -2.62. The van der Waals surface area contributed by atoms with E-state index in [0.717, 1.165) is 30.0 Å². The first kappa shape index (κ1) is 16.2. The summed E-state index contributed by atoms with van der Waals surface area (Å²) in [5.74, 6) is 1.57. The van der Waals surface area contributed by atoms with E-state index in [9.17, 15) is 5.26 Å². The van der Waals surface area contributed by atoms with E-state index < -0.39 is 0 Å². The van der Waals surface area contributed by atoms with Gasteiger partial charge in [0.2, 0.25) is 0 Å². The van der Waals surface area contributed by atoms with Crippen molar-refractivity contribution >= 4 is 0 Å². The van der Waals surface area contributed by atoms with Crippen molar-refractivity contribution in [2.45, 2.75) is 51.2 Å². The topological polar surface area (TPSA) is 79.9 Å². The van der Waals surface area contributed by atoms with E-state index in [-0.39, 0.29) is 0 Å². The van der Waals surface area contributed by atoms with Crippen LogP contribution in [0.3, 0.4) is 0 Å². The van der Waals surface area contributed by atoms with E-state index in [2.05, 4.69) is 21.7 Å². The molecular formula is C17H22N6O. The van der Waals surface area contributed by atoms with Gasteiger partial charge in [0.05, 0.1) is 26.2 Å². The zero-order chi connectivity index (χ0) is 16.8. The third-order valence-corrected chi connectivity index (χ3v) is 4.49. The van der Waals surface area contributed by atoms with E-state index in [1.807, 2.05) is 28.9 Å². The summed E-state index contributed by atoms with van der Waals surface area (Å²) in [4.78, 5) is 1.67. The second-order valence-electron chi connectivity index (χ2n) is 6.14. The molecule has 24 heavy (non-hydrogen) atoms. The molecule has 0 unspecified atom stereocenters. The molecule has 0 bridgehead atoms. The fourth-order valence-corrected chi connectivity index (χ4v) is 3.17. The maximum absolute atomic E-state index is 9.46. The SMILES string of the molecule is COc1ccc(CN(C#N)Cc2nnnn2C2CCCCC2)cc1. The van der Waals surface area contributed by atoms with Gasteiger partial charge in [0.25, 0.3) is 0 Å². The average Bonchev–Trinajstić information content (AvgIpc) is 3.10. The molecule has 0 radical (unpaired) electrons. The monoisotopic (exact) mass is 326 g/mol. The first-order chi connectivity index (χ1) is 11.8. The minimum Gasteiger partial charge on any atom is -0.497 e. The number of hydrogen-bond acceptors (Lipinski definition) is 6. The smallest absolute Gasteiger partial charge is 0.180 e. The molecule has 1 aromatic heterocycles. The number of ether oxygens (including phenoxy) is 1. The summed E-state index contributed by atoms with van der Waals surface area (Å²) >= 11 is 0. The molecule has 0 spiro atoms. The summed E-state index contributed by atoms with van der Waals surface area (Å²) in [5, 5.41) is 21.6. The van der Waals surface area contributed by atoms with Gasteiger partial charge in [-0.1, -0.05) is 31.4 Å². The van der Waals surface area contributed by atoms with Gasteiger partial charge in [0.15, 0.2) is 12.0 Å². The van der Waals surface area contributed by atoms with Crippen LogP contribution in [0, 0.1) is 11.5 Å². The summed E-state index contributed by atoms with van der Waals surface area (Å²) in [5.41, 5.74) is 1.05. The molecule has 1 saturated carbocycles. The average molecular weight is 326 g/mol. The van der Waals surface area contributed by atoms with E-state index in [1.54, 1.807) is 12.0 Å². The minimum atomic E-state index is 0.366. The van der Waals surface area contributed by atoms with Gasteiger partial charge in [-0.25, -0.2) is 4.68 Å². The van der Waals surface area contributed by atoms with Crippen molar-refractivity contribution in [2.24, 2.45) is 0 Å². The molecule has 3 rings (SSSR count). The van der Waals surface area contributed by atoms with Gasteiger partial charge < -0.3 is 4.74 Å². The van der Waals surface area contributed by atoms with Crippen LogP contribution < -0.4 is 4.74 Å². The lowest BCUT2D eigenvalue weighted by molar-refractivity contribution is 0.295. The first-order valence-electron chi connectivity index (χ1n) is 8.34. The van der Waals surface area contributed by atoms with E-state index in [0.29, 0.717) is 19.1 Å². The normalized spacial score (nSPS) is 15.0. The Morgan fingerprint density at radius 2 is 1.96 bits per heavy atom. The molecule has 0 aliphatic heterocycles. The molecule has 1 aliphatic carbocycles. The number of aromatic nitrogens is 4. The fourth-order valence-electron chi connectivity index (χ4n) is 3.17. The molecule has 7 heteroatoms. The van der Waals surface area contributed by atoms with Gasteiger partial charge in [0.1, 0.15) is 5.75 Å². The summed E-state index contributed by atoms with van der Waals surface area (Å²) < 4.78 is 7.07. The summed E-state index contributed by atoms with van der Waals surface area (Å²) in [6, 6.07) is 8.10. The Morgan fingerprint density at radius 1 is 1.21 bits per heavy atom. The van der Waals surface area contributed by atoms with Crippen LogP contribution in [0.25, 0.3) is 0 Å². The summed E-state index contributed by atoms with van der Waals surface area (Å²) in [6.45, 7) is 0.948. The lowest BCUT2D eigenvalue weighted by Gasteiger charge is -2.23. The number of hydrogen-bond donors (Lipinski definition) is 0. The fraction of sp³-hybridized carbons (Fsp3) is 0.529. The van der Waals surface area contributed by atoms with Crippen LogP contribution in [0.4, 0.5) is 0 Å². The van der Waals surface area contributed by atoms with Crippen molar-refractivity contribution in [1.29, 1.82) is 5.26 Å². The third kappa shape index (κ3) is 3.82. The van der Waals surface area contributed by atoms with Crippen LogP contribution in [0.15, 0.2) is 24.3 Å². The first-order valence-corrected chi connectivity index (χ1v) is 8.34. The highest BCUT2D eigenvalue weighted by molar-refractivity contribution is 5.27. The van der Waals surface area contributed by atoms with Crippen molar-refractivity contribution in [1.82, 2.24) is 25.1 Å². The Labute approximate surface area is 141 Å². The van der Waals surface area contributed by atoms with E-state index >= 15 is 0 Å². The molecule has 2 aromatic rings. The van der Waals surface area contributed by atoms with Crippen LogP contribution in [0.1, 0.15) is 49.5 Å². The van der Waals surface area contributed by atoms with Crippen LogP contribution in [-0.2, 0) is 13.1 Å².